The Morgan fingerprint density at radius 1 is 1.23 bits per heavy atom. The first-order valence-electron chi connectivity index (χ1n) is 8.05. The number of carbonyl (C=O) groups excluding carboxylic acids is 2. The van der Waals surface area contributed by atoms with Crippen LogP contribution in [0.25, 0.3) is 0 Å². The fraction of sp³-hybridized carbons (Fsp3) is 0.556. The van der Waals surface area contributed by atoms with Crippen LogP contribution >= 0.6 is 0 Å². The number of rotatable bonds is 7. The van der Waals surface area contributed by atoms with Gasteiger partial charge in [-0.05, 0) is 25.2 Å². The van der Waals surface area contributed by atoms with E-state index >= 15 is 0 Å². The van der Waals surface area contributed by atoms with Gasteiger partial charge in [0, 0.05) is 38.6 Å². The molecular weight excluding hydrogens is 278 g/mol. The molecule has 2 rings (SSSR count). The van der Waals surface area contributed by atoms with E-state index in [4.69, 9.17) is 4.74 Å². The van der Waals surface area contributed by atoms with Crippen LogP contribution in [0.2, 0.25) is 0 Å². The molecule has 1 aliphatic rings. The number of likely N-dealkylation sites (tertiary alicyclic amines) is 1. The van der Waals surface area contributed by atoms with E-state index < -0.39 is 0 Å². The van der Waals surface area contributed by atoms with E-state index in [0.29, 0.717) is 25.2 Å². The fourth-order valence-electron chi connectivity index (χ4n) is 2.99. The highest BCUT2D eigenvalue weighted by Crippen LogP contribution is 2.18. The molecular formula is C18H25NO3. The van der Waals surface area contributed by atoms with Crippen molar-refractivity contribution in [3.63, 3.8) is 0 Å². The minimum Gasteiger partial charge on any atom is -0.384 e. The quantitative estimate of drug-likeness (QED) is 0.728. The molecule has 0 bridgehead atoms. The van der Waals surface area contributed by atoms with Crippen LogP contribution in [-0.2, 0) is 9.53 Å². The largest absolute Gasteiger partial charge is 0.384 e. The van der Waals surface area contributed by atoms with Crippen molar-refractivity contribution in [2.24, 2.45) is 5.92 Å². The molecule has 1 heterocycles. The SMILES string of the molecule is COC[C@@H]1CCCN(C(=O)CCCC(=O)c2ccccc2)C1. The van der Waals surface area contributed by atoms with Gasteiger partial charge < -0.3 is 9.64 Å². The molecule has 120 valence electrons. The molecule has 1 atom stereocenters. The summed E-state index contributed by atoms with van der Waals surface area (Å²) in [5.41, 5.74) is 0.730. The maximum absolute atomic E-state index is 12.2. The van der Waals surface area contributed by atoms with Gasteiger partial charge in [0.25, 0.3) is 0 Å². The van der Waals surface area contributed by atoms with Crippen LogP contribution in [0.15, 0.2) is 30.3 Å². The molecule has 0 radical (unpaired) electrons. The summed E-state index contributed by atoms with van der Waals surface area (Å²) < 4.78 is 5.19. The van der Waals surface area contributed by atoms with E-state index in [2.05, 4.69) is 0 Å². The third-order valence-corrected chi connectivity index (χ3v) is 4.16. The molecule has 4 heteroatoms. The zero-order chi connectivity index (χ0) is 15.8. The van der Waals surface area contributed by atoms with Crippen molar-refractivity contribution >= 4 is 11.7 Å². The number of Topliss-reactive ketones (excluding diaryl/α,β-unsaturated/α-hetero) is 1. The monoisotopic (exact) mass is 303 g/mol. The summed E-state index contributed by atoms with van der Waals surface area (Å²) in [5.74, 6) is 0.736. The molecule has 1 saturated heterocycles. The minimum absolute atomic E-state index is 0.115. The zero-order valence-electron chi connectivity index (χ0n) is 13.3. The van der Waals surface area contributed by atoms with E-state index in [9.17, 15) is 9.59 Å². The van der Waals surface area contributed by atoms with Gasteiger partial charge in [0.15, 0.2) is 5.78 Å². The van der Waals surface area contributed by atoms with Crippen LogP contribution in [0.4, 0.5) is 0 Å². The fourth-order valence-corrected chi connectivity index (χ4v) is 2.99. The Morgan fingerprint density at radius 2 is 2.00 bits per heavy atom. The molecule has 0 spiro atoms. The normalized spacial score (nSPS) is 18.2. The molecule has 0 N–H and O–H groups in total. The number of methoxy groups -OCH3 is 1. The van der Waals surface area contributed by atoms with Crippen molar-refractivity contribution in [3.8, 4) is 0 Å². The molecule has 1 aliphatic heterocycles. The molecule has 0 aromatic heterocycles. The maximum Gasteiger partial charge on any atom is 0.222 e. The van der Waals surface area contributed by atoms with E-state index in [1.165, 1.54) is 0 Å². The van der Waals surface area contributed by atoms with Crippen LogP contribution in [-0.4, -0.2) is 43.4 Å². The lowest BCUT2D eigenvalue weighted by Crippen LogP contribution is -2.41. The predicted molar refractivity (Wildman–Crippen MR) is 85.8 cm³/mol. The van der Waals surface area contributed by atoms with Gasteiger partial charge in [-0.15, -0.1) is 0 Å². The highest BCUT2D eigenvalue weighted by molar-refractivity contribution is 5.96. The number of benzene rings is 1. The van der Waals surface area contributed by atoms with Gasteiger partial charge in [-0.2, -0.15) is 0 Å². The molecule has 1 aromatic rings. The zero-order valence-corrected chi connectivity index (χ0v) is 13.3. The Labute approximate surface area is 132 Å². The molecule has 0 saturated carbocycles. The number of amides is 1. The highest BCUT2D eigenvalue weighted by atomic mass is 16.5. The number of carbonyl (C=O) groups is 2. The lowest BCUT2D eigenvalue weighted by atomic mass is 9.98. The van der Waals surface area contributed by atoms with Gasteiger partial charge in [-0.1, -0.05) is 30.3 Å². The van der Waals surface area contributed by atoms with Gasteiger partial charge in [-0.3, -0.25) is 9.59 Å². The smallest absolute Gasteiger partial charge is 0.222 e. The van der Waals surface area contributed by atoms with E-state index in [0.717, 1.165) is 38.1 Å². The van der Waals surface area contributed by atoms with Crippen LogP contribution in [0.5, 0.6) is 0 Å². The Kier molecular flexibility index (Phi) is 6.59. The summed E-state index contributed by atoms with van der Waals surface area (Å²) in [4.78, 5) is 26.2. The van der Waals surface area contributed by atoms with Gasteiger partial charge >= 0.3 is 0 Å². The standard InChI is InChI=1S/C18H25NO3/c1-22-14-15-7-6-12-19(13-15)18(21)11-5-10-17(20)16-8-3-2-4-9-16/h2-4,8-9,15H,5-7,10-14H2,1H3/t15-/m1/s1. The summed E-state index contributed by atoms with van der Waals surface area (Å²) in [6, 6.07) is 9.27. The molecule has 1 fully saturated rings. The van der Waals surface area contributed by atoms with E-state index in [1.54, 1.807) is 7.11 Å². The number of piperidine rings is 1. The third kappa shape index (κ3) is 4.95. The van der Waals surface area contributed by atoms with Gasteiger partial charge in [-0.25, -0.2) is 0 Å². The number of nitrogens with zero attached hydrogens (tertiary/aromatic N) is 1. The predicted octanol–water partition coefficient (Wildman–Crippen LogP) is 2.92. The van der Waals surface area contributed by atoms with Crippen molar-refractivity contribution in [1.82, 2.24) is 4.90 Å². The van der Waals surface area contributed by atoms with Crippen molar-refractivity contribution in [1.29, 1.82) is 0 Å². The molecule has 0 unspecified atom stereocenters. The lowest BCUT2D eigenvalue weighted by Gasteiger charge is -2.32. The van der Waals surface area contributed by atoms with E-state index in [1.807, 2.05) is 35.2 Å². The van der Waals surface area contributed by atoms with Gasteiger partial charge in [0.1, 0.15) is 0 Å². The first-order valence-corrected chi connectivity index (χ1v) is 8.05. The van der Waals surface area contributed by atoms with Crippen LogP contribution in [0, 0.1) is 5.92 Å². The Bertz CT molecular complexity index is 484. The topological polar surface area (TPSA) is 46.6 Å². The van der Waals surface area contributed by atoms with Crippen molar-refractivity contribution in [2.75, 3.05) is 26.8 Å². The van der Waals surface area contributed by atoms with Crippen LogP contribution < -0.4 is 0 Å². The summed E-state index contributed by atoms with van der Waals surface area (Å²) >= 11 is 0. The van der Waals surface area contributed by atoms with Crippen molar-refractivity contribution in [2.45, 2.75) is 32.1 Å². The maximum atomic E-state index is 12.2. The molecule has 22 heavy (non-hydrogen) atoms. The average molecular weight is 303 g/mol. The average Bonchev–Trinajstić information content (AvgIpc) is 2.56. The Balaban J connectivity index is 1.72. The Morgan fingerprint density at radius 3 is 2.73 bits per heavy atom. The van der Waals surface area contributed by atoms with Gasteiger partial charge in [0.2, 0.25) is 5.91 Å². The number of hydrogen-bond donors (Lipinski definition) is 0. The molecule has 1 aromatic carbocycles. The van der Waals surface area contributed by atoms with Crippen molar-refractivity contribution in [3.05, 3.63) is 35.9 Å². The number of ketones is 1. The second-order valence-electron chi connectivity index (χ2n) is 5.95. The first kappa shape index (κ1) is 16.7. The molecule has 0 aliphatic carbocycles. The minimum atomic E-state index is 0.115. The summed E-state index contributed by atoms with van der Waals surface area (Å²) in [6.07, 6.45) is 3.69. The number of hydrogen-bond acceptors (Lipinski definition) is 3. The third-order valence-electron chi connectivity index (χ3n) is 4.16. The second kappa shape index (κ2) is 8.69. The Hall–Kier alpha value is -1.68. The van der Waals surface area contributed by atoms with Crippen LogP contribution in [0.3, 0.4) is 0 Å². The molecule has 1 amide bonds. The second-order valence-corrected chi connectivity index (χ2v) is 5.95. The summed E-state index contributed by atoms with van der Waals surface area (Å²) in [6.45, 7) is 2.35. The number of ether oxygens (including phenoxy) is 1. The lowest BCUT2D eigenvalue weighted by molar-refractivity contribution is -0.133. The van der Waals surface area contributed by atoms with Crippen molar-refractivity contribution < 1.29 is 14.3 Å². The first-order chi connectivity index (χ1) is 10.7. The summed E-state index contributed by atoms with van der Waals surface area (Å²) in [7, 11) is 1.70. The highest BCUT2D eigenvalue weighted by Gasteiger charge is 2.23. The van der Waals surface area contributed by atoms with E-state index in [-0.39, 0.29) is 11.7 Å². The summed E-state index contributed by atoms with van der Waals surface area (Å²) in [5, 5.41) is 0. The van der Waals surface area contributed by atoms with Crippen LogP contribution in [0.1, 0.15) is 42.5 Å². The van der Waals surface area contributed by atoms with Gasteiger partial charge in [0.05, 0.1) is 6.61 Å². The molecule has 4 nitrogen and oxygen atoms in total.